The van der Waals surface area contributed by atoms with Crippen LogP contribution in [0.2, 0.25) is 0 Å². The van der Waals surface area contributed by atoms with E-state index < -0.39 is 0 Å². The fourth-order valence-corrected chi connectivity index (χ4v) is 1.42. The van der Waals surface area contributed by atoms with Crippen LogP contribution in [-0.4, -0.2) is 17.0 Å². The van der Waals surface area contributed by atoms with E-state index in [2.05, 4.69) is 40.4 Å². The van der Waals surface area contributed by atoms with Gasteiger partial charge in [-0.25, -0.2) is 4.98 Å². The van der Waals surface area contributed by atoms with Crippen LogP contribution in [-0.2, 0) is 6.54 Å². The third-order valence-electron chi connectivity index (χ3n) is 2.03. The van der Waals surface area contributed by atoms with Crippen LogP contribution in [0.15, 0.2) is 18.2 Å². The number of H-pyrrole nitrogens is 1. The highest BCUT2D eigenvalue weighted by Crippen LogP contribution is 2.12. The number of aromatic amines is 1. The molecule has 0 spiro atoms. The van der Waals surface area contributed by atoms with Gasteiger partial charge in [0, 0.05) is 0 Å². The first-order valence-corrected chi connectivity index (χ1v) is 4.39. The Balaban J connectivity index is 2.49. The first kappa shape index (κ1) is 8.26. The Morgan fingerprint density at radius 2 is 2.31 bits per heavy atom. The minimum Gasteiger partial charge on any atom is -0.341 e. The van der Waals surface area contributed by atoms with Gasteiger partial charge in [-0.05, 0) is 31.7 Å². The van der Waals surface area contributed by atoms with Crippen LogP contribution in [0, 0.1) is 6.92 Å². The monoisotopic (exact) mass is 175 g/mol. The van der Waals surface area contributed by atoms with Crippen LogP contribution < -0.4 is 5.32 Å². The standard InChI is InChI=1S/C10H13N3/c1-7-3-4-8-9(5-7)13-10(12-8)6-11-2/h3-5,11H,6H2,1-2H3,(H,12,13). The molecule has 1 aromatic carbocycles. The second-order valence-electron chi connectivity index (χ2n) is 3.23. The predicted molar refractivity (Wildman–Crippen MR) is 53.6 cm³/mol. The molecule has 0 saturated carbocycles. The Bertz CT molecular complexity index is 417. The van der Waals surface area contributed by atoms with Gasteiger partial charge in [0.2, 0.25) is 0 Å². The summed E-state index contributed by atoms with van der Waals surface area (Å²) in [5, 5.41) is 3.07. The van der Waals surface area contributed by atoms with Crippen molar-refractivity contribution in [3.8, 4) is 0 Å². The molecule has 2 rings (SSSR count). The average Bonchev–Trinajstić information content (AvgIpc) is 2.46. The molecule has 0 fully saturated rings. The third kappa shape index (κ3) is 1.55. The highest BCUT2D eigenvalue weighted by atomic mass is 15.0. The van der Waals surface area contributed by atoms with E-state index in [-0.39, 0.29) is 0 Å². The molecular weight excluding hydrogens is 162 g/mol. The minimum atomic E-state index is 0.785. The first-order chi connectivity index (χ1) is 6.29. The zero-order valence-corrected chi connectivity index (χ0v) is 7.89. The number of aryl methyl sites for hydroxylation is 1. The Morgan fingerprint density at radius 1 is 1.46 bits per heavy atom. The van der Waals surface area contributed by atoms with Gasteiger partial charge in [0.15, 0.2) is 0 Å². The van der Waals surface area contributed by atoms with Gasteiger partial charge < -0.3 is 10.3 Å². The maximum absolute atomic E-state index is 4.45. The Hall–Kier alpha value is -1.35. The fraction of sp³-hybridized carbons (Fsp3) is 0.300. The van der Waals surface area contributed by atoms with Crippen LogP contribution >= 0.6 is 0 Å². The summed E-state index contributed by atoms with van der Waals surface area (Å²) in [4.78, 5) is 7.70. The summed E-state index contributed by atoms with van der Waals surface area (Å²) >= 11 is 0. The number of benzene rings is 1. The molecular formula is C10H13N3. The molecule has 2 N–H and O–H groups in total. The van der Waals surface area contributed by atoms with Gasteiger partial charge in [0.1, 0.15) is 5.82 Å². The van der Waals surface area contributed by atoms with E-state index in [9.17, 15) is 0 Å². The largest absolute Gasteiger partial charge is 0.341 e. The lowest BCUT2D eigenvalue weighted by Gasteiger charge is -1.89. The van der Waals surface area contributed by atoms with E-state index in [4.69, 9.17) is 0 Å². The van der Waals surface area contributed by atoms with Gasteiger partial charge in [-0.3, -0.25) is 0 Å². The number of imidazole rings is 1. The molecule has 0 bridgehead atoms. The van der Waals surface area contributed by atoms with Crippen LogP contribution in [0.25, 0.3) is 11.0 Å². The van der Waals surface area contributed by atoms with Crippen molar-refractivity contribution in [1.29, 1.82) is 0 Å². The summed E-state index contributed by atoms with van der Waals surface area (Å²) in [5.74, 6) is 0.989. The van der Waals surface area contributed by atoms with E-state index in [0.29, 0.717) is 0 Å². The van der Waals surface area contributed by atoms with E-state index in [1.165, 1.54) is 5.56 Å². The fourth-order valence-electron chi connectivity index (χ4n) is 1.42. The van der Waals surface area contributed by atoms with Gasteiger partial charge in [-0.2, -0.15) is 0 Å². The lowest BCUT2D eigenvalue weighted by molar-refractivity contribution is 0.775. The molecule has 0 aliphatic carbocycles. The molecule has 3 nitrogen and oxygen atoms in total. The number of hydrogen-bond donors (Lipinski definition) is 2. The Morgan fingerprint density at radius 3 is 3.08 bits per heavy atom. The number of nitrogens with zero attached hydrogens (tertiary/aromatic N) is 1. The number of hydrogen-bond acceptors (Lipinski definition) is 2. The summed E-state index contributed by atoms with van der Waals surface area (Å²) in [7, 11) is 1.92. The van der Waals surface area contributed by atoms with Gasteiger partial charge in [-0.15, -0.1) is 0 Å². The molecule has 0 amide bonds. The van der Waals surface area contributed by atoms with Gasteiger partial charge in [-0.1, -0.05) is 6.07 Å². The Kier molecular flexibility index (Phi) is 2.02. The maximum Gasteiger partial charge on any atom is 0.121 e. The SMILES string of the molecule is CNCc1nc2cc(C)ccc2[nH]1. The summed E-state index contributed by atoms with van der Waals surface area (Å²) in [6, 6.07) is 6.24. The molecule has 0 radical (unpaired) electrons. The zero-order valence-electron chi connectivity index (χ0n) is 7.89. The van der Waals surface area contributed by atoms with Gasteiger partial charge in [0.05, 0.1) is 17.6 Å². The normalized spacial score (nSPS) is 10.9. The smallest absolute Gasteiger partial charge is 0.121 e. The average molecular weight is 175 g/mol. The zero-order chi connectivity index (χ0) is 9.26. The Labute approximate surface area is 77.2 Å². The van der Waals surface area contributed by atoms with Crippen molar-refractivity contribution in [2.24, 2.45) is 0 Å². The maximum atomic E-state index is 4.45. The topological polar surface area (TPSA) is 40.7 Å². The highest BCUT2D eigenvalue weighted by molar-refractivity contribution is 5.75. The number of nitrogens with one attached hydrogen (secondary N) is 2. The second kappa shape index (κ2) is 3.18. The molecule has 0 unspecified atom stereocenters. The molecule has 68 valence electrons. The summed E-state index contributed by atoms with van der Waals surface area (Å²) in [6.45, 7) is 2.86. The molecule has 0 saturated heterocycles. The molecule has 13 heavy (non-hydrogen) atoms. The number of rotatable bonds is 2. The van der Waals surface area contributed by atoms with Gasteiger partial charge in [0.25, 0.3) is 0 Å². The number of fused-ring (bicyclic) bond motifs is 1. The van der Waals surface area contributed by atoms with Crippen molar-refractivity contribution in [1.82, 2.24) is 15.3 Å². The quantitative estimate of drug-likeness (QED) is 0.727. The summed E-state index contributed by atoms with van der Waals surface area (Å²) in [5.41, 5.74) is 3.40. The third-order valence-corrected chi connectivity index (χ3v) is 2.03. The van der Waals surface area contributed by atoms with Crippen molar-refractivity contribution in [3.63, 3.8) is 0 Å². The molecule has 1 aromatic heterocycles. The lowest BCUT2D eigenvalue weighted by atomic mass is 10.2. The van der Waals surface area contributed by atoms with E-state index >= 15 is 0 Å². The van der Waals surface area contributed by atoms with Crippen LogP contribution in [0.5, 0.6) is 0 Å². The van der Waals surface area contributed by atoms with E-state index in [1.807, 2.05) is 7.05 Å². The van der Waals surface area contributed by atoms with Crippen molar-refractivity contribution in [2.75, 3.05) is 7.05 Å². The molecule has 2 aromatic rings. The van der Waals surface area contributed by atoms with E-state index in [1.54, 1.807) is 0 Å². The lowest BCUT2D eigenvalue weighted by Crippen LogP contribution is -2.06. The molecule has 1 heterocycles. The predicted octanol–water partition coefficient (Wildman–Crippen LogP) is 1.59. The molecule has 0 aliphatic rings. The van der Waals surface area contributed by atoms with Gasteiger partial charge >= 0.3 is 0 Å². The van der Waals surface area contributed by atoms with Crippen molar-refractivity contribution >= 4 is 11.0 Å². The minimum absolute atomic E-state index is 0.785. The van der Waals surface area contributed by atoms with Crippen LogP contribution in [0.3, 0.4) is 0 Å². The van der Waals surface area contributed by atoms with Crippen molar-refractivity contribution in [3.05, 3.63) is 29.6 Å². The highest BCUT2D eigenvalue weighted by Gasteiger charge is 2.00. The molecule has 0 atom stereocenters. The van der Waals surface area contributed by atoms with Crippen molar-refractivity contribution < 1.29 is 0 Å². The summed E-state index contributed by atoms with van der Waals surface area (Å²) < 4.78 is 0. The molecule has 0 aliphatic heterocycles. The van der Waals surface area contributed by atoms with Crippen LogP contribution in [0.1, 0.15) is 11.4 Å². The van der Waals surface area contributed by atoms with Crippen LogP contribution in [0.4, 0.5) is 0 Å². The summed E-state index contributed by atoms with van der Waals surface area (Å²) in [6.07, 6.45) is 0. The van der Waals surface area contributed by atoms with E-state index in [0.717, 1.165) is 23.4 Å². The second-order valence-corrected chi connectivity index (χ2v) is 3.23. The number of aromatic nitrogens is 2. The van der Waals surface area contributed by atoms with Crippen molar-refractivity contribution in [2.45, 2.75) is 13.5 Å². The first-order valence-electron chi connectivity index (χ1n) is 4.39. The molecule has 3 heteroatoms.